The number of rotatable bonds is 6. The van der Waals surface area contributed by atoms with Gasteiger partial charge in [-0.15, -0.1) is 6.42 Å². The fraction of sp³-hybridized carbons (Fsp3) is 0.833. The third kappa shape index (κ3) is 3.83. The molecule has 0 spiro atoms. The first kappa shape index (κ1) is 12.5. The zero-order valence-corrected chi connectivity index (χ0v) is 9.74. The van der Waals surface area contributed by atoms with E-state index in [0.29, 0.717) is 12.6 Å². The van der Waals surface area contributed by atoms with Gasteiger partial charge in [-0.3, -0.25) is 4.90 Å². The van der Waals surface area contributed by atoms with Crippen molar-refractivity contribution in [3.63, 3.8) is 0 Å². The normalized spacial score (nSPS) is 17.5. The Morgan fingerprint density at radius 2 is 1.93 bits per heavy atom. The zero-order chi connectivity index (χ0) is 11.1. The van der Waals surface area contributed by atoms with Gasteiger partial charge in [0.05, 0.1) is 13.1 Å². The van der Waals surface area contributed by atoms with Crippen LogP contribution in [0.15, 0.2) is 0 Å². The number of nitrogens with zero attached hydrogens (tertiary/aromatic N) is 1. The van der Waals surface area contributed by atoms with Gasteiger partial charge in [-0.05, 0) is 12.8 Å². The van der Waals surface area contributed by atoms with Crippen LogP contribution in [0.2, 0.25) is 0 Å². The Kier molecular flexibility index (Phi) is 5.70. The van der Waals surface area contributed by atoms with E-state index in [2.05, 4.69) is 10.8 Å². The molecule has 0 aliphatic heterocycles. The van der Waals surface area contributed by atoms with Crippen molar-refractivity contribution in [2.24, 2.45) is 0 Å². The van der Waals surface area contributed by atoms with Crippen molar-refractivity contribution >= 4 is 0 Å². The van der Waals surface area contributed by atoms with Crippen LogP contribution in [0.1, 0.15) is 25.7 Å². The van der Waals surface area contributed by atoms with Crippen molar-refractivity contribution in [3.8, 4) is 12.3 Å². The summed E-state index contributed by atoms with van der Waals surface area (Å²) in [4.78, 5) is 2.30. The highest BCUT2D eigenvalue weighted by molar-refractivity contribution is 4.91. The highest BCUT2D eigenvalue weighted by atomic mass is 16.7. The molecular weight excluding hydrogens is 190 g/mol. The minimum absolute atomic E-state index is 0.168. The molecule has 0 atom stereocenters. The first-order valence-corrected chi connectivity index (χ1v) is 5.55. The highest BCUT2D eigenvalue weighted by Gasteiger charge is 2.24. The molecule has 0 N–H and O–H groups in total. The Morgan fingerprint density at radius 1 is 1.33 bits per heavy atom. The Morgan fingerprint density at radius 3 is 2.40 bits per heavy atom. The van der Waals surface area contributed by atoms with Crippen molar-refractivity contribution < 1.29 is 9.47 Å². The second-order valence-corrected chi connectivity index (χ2v) is 3.97. The molecule has 86 valence electrons. The molecule has 3 heteroatoms. The first-order valence-electron chi connectivity index (χ1n) is 5.55. The topological polar surface area (TPSA) is 21.7 Å². The summed E-state index contributed by atoms with van der Waals surface area (Å²) in [5, 5.41) is 0. The average Bonchev–Trinajstić information content (AvgIpc) is 2.77. The second-order valence-electron chi connectivity index (χ2n) is 3.97. The van der Waals surface area contributed by atoms with E-state index in [1.165, 1.54) is 25.7 Å². The van der Waals surface area contributed by atoms with Crippen LogP contribution in [0.5, 0.6) is 0 Å². The van der Waals surface area contributed by atoms with Crippen LogP contribution in [-0.2, 0) is 9.47 Å². The van der Waals surface area contributed by atoms with Crippen molar-refractivity contribution in [3.05, 3.63) is 0 Å². The maximum atomic E-state index is 5.38. The summed E-state index contributed by atoms with van der Waals surface area (Å²) in [6, 6.07) is 0.619. The van der Waals surface area contributed by atoms with Crippen LogP contribution in [0.4, 0.5) is 0 Å². The van der Waals surface area contributed by atoms with Gasteiger partial charge in [0.15, 0.2) is 6.29 Å². The highest BCUT2D eigenvalue weighted by Crippen LogP contribution is 2.23. The number of hydrogen-bond donors (Lipinski definition) is 0. The Labute approximate surface area is 92.7 Å². The van der Waals surface area contributed by atoms with Gasteiger partial charge in [-0.2, -0.15) is 0 Å². The van der Waals surface area contributed by atoms with Crippen LogP contribution in [0.25, 0.3) is 0 Å². The molecular formula is C12H21NO2. The molecule has 1 aliphatic rings. The Hall–Kier alpha value is -0.560. The van der Waals surface area contributed by atoms with E-state index in [9.17, 15) is 0 Å². The molecule has 1 fully saturated rings. The lowest BCUT2D eigenvalue weighted by Crippen LogP contribution is -2.40. The Balaban J connectivity index is 2.45. The summed E-state index contributed by atoms with van der Waals surface area (Å²) in [5.41, 5.74) is 0. The Bertz CT molecular complexity index is 202. The van der Waals surface area contributed by atoms with Crippen LogP contribution in [0.3, 0.4) is 0 Å². The third-order valence-corrected chi connectivity index (χ3v) is 3.04. The summed E-state index contributed by atoms with van der Waals surface area (Å²) < 4.78 is 10.4. The van der Waals surface area contributed by atoms with Crippen molar-refractivity contribution in [1.82, 2.24) is 4.90 Å². The molecule has 0 aromatic heterocycles. The van der Waals surface area contributed by atoms with Crippen LogP contribution < -0.4 is 0 Å². The van der Waals surface area contributed by atoms with E-state index in [1.807, 2.05) is 0 Å². The third-order valence-electron chi connectivity index (χ3n) is 3.04. The smallest absolute Gasteiger partial charge is 0.169 e. The van der Waals surface area contributed by atoms with Gasteiger partial charge in [-0.25, -0.2) is 0 Å². The maximum absolute atomic E-state index is 5.38. The van der Waals surface area contributed by atoms with E-state index in [0.717, 1.165) is 6.54 Å². The molecule has 1 aliphatic carbocycles. The summed E-state index contributed by atoms with van der Waals surface area (Å²) in [5.74, 6) is 2.71. The van der Waals surface area contributed by atoms with E-state index in [-0.39, 0.29) is 6.29 Å². The molecule has 0 bridgehead atoms. The quantitative estimate of drug-likeness (QED) is 0.491. The second kappa shape index (κ2) is 6.84. The summed E-state index contributed by atoms with van der Waals surface area (Å²) >= 11 is 0. The maximum Gasteiger partial charge on any atom is 0.169 e. The van der Waals surface area contributed by atoms with Crippen molar-refractivity contribution in [2.45, 2.75) is 38.0 Å². The van der Waals surface area contributed by atoms with E-state index in [1.54, 1.807) is 14.2 Å². The van der Waals surface area contributed by atoms with Gasteiger partial charge < -0.3 is 9.47 Å². The predicted octanol–water partition coefficient (Wildman–Crippen LogP) is 1.48. The number of terminal acetylenes is 1. The molecule has 15 heavy (non-hydrogen) atoms. The molecule has 0 radical (unpaired) electrons. The minimum atomic E-state index is -0.168. The summed E-state index contributed by atoms with van der Waals surface area (Å²) in [6.07, 6.45) is 10.4. The number of ether oxygens (including phenoxy) is 2. The molecule has 1 rings (SSSR count). The van der Waals surface area contributed by atoms with E-state index in [4.69, 9.17) is 15.9 Å². The zero-order valence-electron chi connectivity index (χ0n) is 9.74. The molecule has 3 nitrogen and oxygen atoms in total. The van der Waals surface area contributed by atoms with E-state index < -0.39 is 0 Å². The summed E-state index contributed by atoms with van der Waals surface area (Å²) in [6.45, 7) is 1.45. The van der Waals surface area contributed by atoms with Gasteiger partial charge in [0, 0.05) is 20.3 Å². The van der Waals surface area contributed by atoms with Gasteiger partial charge in [0.2, 0.25) is 0 Å². The van der Waals surface area contributed by atoms with Crippen LogP contribution >= 0.6 is 0 Å². The summed E-state index contributed by atoms with van der Waals surface area (Å²) in [7, 11) is 3.33. The SMILES string of the molecule is C#CCN(CC(OC)OC)C1CCCC1. The van der Waals surface area contributed by atoms with Gasteiger partial charge >= 0.3 is 0 Å². The van der Waals surface area contributed by atoms with Crippen molar-refractivity contribution in [1.29, 1.82) is 0 Å². The number of hydrogen-bond acceptors (Lipinski definition) is 3. The molecule has 0 unspecified atom stereocenters. The van der Waals surface area contributed by atoms with Gasteiger partial charge in [0.1, 0.15) is 0 Å². The van der Waals surface area contributed by atoms with Gasteiger partial charge in [-0.1, -0.05) is 18.8 Å². The fourth-order valence-corrected chi connectivity index (χ4v) is 2.17. The molecule has 0 heterocycles. The lowest BCUT2D eigenvalue weighted by molar-refractivity contribution is -0.118. The predicted molar refractivity (Wildman–Crippen MR) is 60.5 cm³/mol. The lowest BCUT2D eigenvalue weighted by atomic mass is 10.2. The number of methoxy groups -OCH3 is 2. The van der Waals surface area contributed by atoms with Crippen molar-refractivity contribution in [2.75, 3.05) is 27.3 Å². The molecule has 0 aromatic rings. The molecule has 0 amide bonds. The van der Waals surface area contributed by atoms with Crippen LogP contribution in [0, 0.1) is 12.3 Å². The lowest BCUT2D eigenvalue weighted by Gasteiger charge is -2.29. The van der Waals surface area contributed by atoms with Gasteiger partial charge in [0.25, 0.3) is 0 Å². The van der Waals surface area contributed by atoms with E-state index >= 15 is 0 Å². The minimum Gasteiger partial charge on any atom is -0.355 e. The largest absolute Gasteiger partial charge is 0.355 e. The molecule has 0 saturated heterocycles. The molecule has 1 saturated carbocycles. The first-order chi connectivity index (χ1) is 7.31. The fourth-order valence-electron chi connectivity index (χ4n) is 2.17. The standard InChI is InChI=1S/C12H21NO2/c1-4-9-13(10-12(14-2)15-3)11-7-5-6-8-11/h1,11-12H,5-10H2,2-3H3. The molecule has 0 aromatic carbocycles. The monoisotopic (exact) mass is 211 g/mol. The average molecular weight is 211 g/mol. The van der Waals surface area contributed by atoms with Crippen LogP contribution in [-0.4, -0.2) is 44.5 Å².